The van der Waals surface area contributed by atoms with Gasteiger partial charge in [-0.15, -0.1) is 0 Å². The van der Waals surface area contributed by atoms with Gasteiger partial charge in [0, 0.05) is 12.1 Å². The van der Waals surface area contributed by atoms with E-state index in [1.807, 2.05) is 19.0 Å². The van der Waals surface area contributed by atoms with Crippen LogP contribution in [0.2, 0.25) is 0 Å². The molecule has 0 fully saturated rings. The van der Waals surface area contributed by atoms with E-state index in [1.54, 1.807) is 19.1 Å². The molecule has 17 heavy (non-hydrogen) atoms. The lowest BCUT2D eigenvalue weighted by Crippen LogP contribution is -2.14. The second-order valence-electron chi connectivity index (χ2n) is 4.61. The van der Waals surface area contributed by atoms with Gasteiger partial charge in [-0.2, -0.15) is 0 Å². The van der Waals surface area contributed by atoms with Crippen molar-refractivity contribution in [2.75, 3.05) is 14.1 Å². The second kappa shape index (κ2) is 5.77. The fourth-order valence-electron chi connectivity index (χ4n) is 1.66. The Labute approximate surface area is 101 Å². The minimum absolute atomic E-state index is 0.245. The molecule has 1 aromatic rings. The first kappa shape index (κ1) is 13.6. The van der Waals surface area contributed by atoms with Gasteiger partial charge in [0.15, 0.2) is 0 Å². The van der Waals surface area contributed by atoms with Crippen LogP contribution in [0.4, 0.5) is 4.39 Å². The van der Waals surface area contributed by atoms with Gasteiger partial charge in [0.2, 0.25) is 0 Å². The molecule has 0 aliphatic carbocycles. The molecule has 0 aliphatic heterocycles. The van der Waals surface area contributed by atoms with Crippen LogP contribution in [0.5, 0.6) is 0 Å². The third-order valence-electron chi connectivity index (χ3n) is 2.56. The van der Waals surface area contributed by atoms with Crippen LogP contribution in [0.15, 0.2) is 18.2 Å². The van der Waals surface area contributed by atoms with E-state index >= 15 is 0 Å². The van der Waals surface area contributed by atoms with Crippen LogP contribution in [-0.4, -0.2) is 30.1 Å². The van der Waals surface area contributed by atoms with Crippen molar-refractivity contribution in [3.05, 3.63) is 35.1 Å². The molecule has 1 aromatic carbocycles. The van der Waals surface area contributed by atoms with Crippen molar-refractivity contribution >= 4 is 5.97 Å². The molecule has 0 aromatic heterocycles. The van der Waals surface area contributed by atoms with E-state index in [0.29, 0.717) is 18.5 Å². The topological polar surface area (TPSA) is 40.5 Å². The average molecular weight is 239 g/mol. The lowest BCUT2D eigenvalue weighted by atomic mass is 9.99. The van der Waals surface area contributed by atoms with Crippen molar-refractivity contribution in [1.82, 2.24) is 4.90 Å². The summed E-state index contributed by atoms with van der Waals surface area (Å²) in [4.78, 5) is 12.6. The normalized spacial score (nSPS) is 12.8. The first-order chi connectivity index (χ1) is 7.90. The fraction of sp³-hybridized carbons (Fsp3) is 0.462. The van der Waals surface area contributed by atoms with Gasteiger partial charge in [0.05, 0.1) is 5.92 Å². The number of halogens is 1. The van der Waals surface area contributed by atoms with E-state index in [4.69, 9.17) is 5.11 Å². The number of hydrogen-bond donors (Lipinski definition) is 1. The number of nitrogens with zero attached hydrogens (tertiary/aromatic N) is 1. The summed E-state index contributed by atoms with van der Waals surface area (Å²) in [5, 5.41) is 8.83. The van der Waals surface area contributed by atoms with Crippen LogP contribution in [0.1, 0.15) is 18.1 Å². The van der Waals surface area contributed by atoms with E-state index in [2.05, 4.69) is 0 Å². The van der Waals surface area contributed by atoms with E-state index in [9.17, 15) is 9.18 Å². The molecule has 0 amide bonds. The van der Waals surface area contributed by atoms with Gasteiger partial charge in [-0.05, 0) is 32.1 Å². The van der Waals surface area contributed by atoms with Crippen molar-refractivity contribution in [3.63, 3.8) is 0 Å². The molecule has 0 saturated heterocycles. The van der Waals surface area contributed by atoms with E-state index in [0.717, 1.165) is 5.56 Å². The summed E-state index contributed by atoms with van der Waals surface area (Å²) in [5.41, 5.74) is 1.46. The molecule has 1 unspecified atom stereocenters. The molecule has 94 valence electrons. The first-order valence-electron chi connectivity index (χ1n) is 5.55. The number of aliphatic carboxylic acids is 1. The van der Waals surface area contributed by atoms with Crippen LogP contribution in [0, 0.1) is 11.7 Å². The molecule has 1 N–H and O–H groups in total. The molecule has 0 heterocycles. The third kappa shape index (κ3) is 4.15. The van der Waals surface area contributed by atoms with Crippen molar-refractivity contribution < 1.29 is 14.3 Å². The Kier molecular flexibility index (Phi) is 4.63. The van der Waals surface area contributed by atoms with Crippen LogP contribution in [-0.2, 0) is 17.8 Å². The summed E-state index contributed by atoms with van der Waals surface area (Å²) in [6, 6.07) is 4.80. The lowest BCUT2D eigenvalue weighted by Gasteiger charge is -2.13. The average Bonchev–Trinajstić information content (AvgIpc) is 2.22. The second-order valence-corrected chi connectivity index (χ2v) is 4.61. The predicted molar refractivity (Wildman–Crippen MR) is 64.3 cm³/mol. The monoisotopic (exact) mass is 239 g/mol. The maximum absolute atomic E-state index is 13.5. The number of hydrogen-bond acceptors (Lipinski definition) is 2. The third-order valence-corrected chi connectivity index (χ3v) is 2.56. The molecule has 3 nitrogen and oxygen atoms in total. The molecular weight excluding hydrogens is 221 g/mol. The summed E-state index contributed by atoms with van der Waals surface area (Å²) in [6.45, 7) is 2.17. The summed E-state index contributed by atoms with van der Waals surface area (Å²) in [7, 11) is 3.73. The van der Waals surface area contributed by atoms with Crippen LogP contribution in [0.25, 0.3) is 0 Å². The zero-order valence-electron chi connectivity index (χ0n) is 10.4. The minimum Gasteiger partial charge on any atom is -0.481 e. The summed E-state index contributed by atoms with van der Waals surface area (Å²) in [5.74, 6) is -1.53. The SMILES string of the molecule is CC(Cc1ccc(F)c(CN(C)C)c1)C(=O)O. The maximum atomic E-state index is 13.5. The van der Waals surface area contributed by atoms with Crippen molar-refractivity contribution in [2.24, 2.45) is 5.92 Å². The van der Waals surface area contributed by atoms with Gasteiger partial charge in [0.25, 0.3) is 0 Å². The Morgan fingerprint density at radius 3 is 2.65 bits per heavy atom. The Balaban J connectivity index is 2.84. The highest BCUT2D eigenvalue weighted by Gasteiger charge is 2.13. The Bertz CT molecular complexity index is 404. The van der Waals surface area contributed by atoms with Crippen molar-refractivity contribution in [2.45, 2.75) is 19.9 Å². The Morgan fingerprint density at radius 2 is 2.12 bits per heavy atom. The summed E-state index contributed by atoms with van der Waals surface area (Å²) < 4.78 is 13.5. The summed E-state index contributed by atoms with van der Waals surface area (Å²) >= 11 is 0. The van der Waals surface area contributed by atoms with Gasteiger partial charge in [0.1, 0.15) is 5.82 Å². The summed E-state index contributed by atoms with van der Waals surface area (Å²) in [6.07, 6.45) is 0.427. The first-order valence-corrected chi connectivity index (χ1v) is 5.55. The minimum atomic E-state index is -0.830. The highest BCUT2D eigenvalue weighted by molar-refractivity contribution is 5.69. The molecule has 4 heteroatoms. The highest BCUT2D eigenvalue weighted by Crippen LogP contribution is 2.15. The molecular formula is C13H18FNO2. The zero-order valence-corrected chi connectivity index (χ0v) is 10.4. The van der Waals surface area contributed by atoms with E-state index in [-0.39, 0.29) is 5.82 Å². The number of carbonyl (C=O) groups is 1. The van der Waals surface area contributed by atoms with Gasteiger partial charge >= 0.3 is 5.97 Å². The number of benzene rings is 1. The van der Waals surface area contributed by atoms with Gasteiger partial charge in [-0.1, -0.05) is 19.1 Å². The molecule has 0 aliphatic rings. The number of carboxylic acid groups (broad SMARTS) is 1. The molecule has 0 spiro atoms. The largest absolute Gasteiger partial charge is 0.481 e. The maximum Gasteiger partial charge on any atom is 0.306 e. The number of carboxylic acids is 1. The standard InChI is InChI=1S/C13H18FNO2/c1-9(13(16)17)6-10-4-5-12(14)11(7-10)8-15(2)3/h4-5,7,9H,6,8H2,1-3H3,(H,16,17). The van der Waals surface area contributed by atoms with Crippen LogP contribution < -0.4 is 0 Å². The smallest absolute Gasteiger partial charge is 0.306 e. The fourth-order valence-corrected chi connectivity index (χ4v) is 1.66. The predicted octanol–water partition coefficient (Wildman–Crippen LogP) is 2.15. The van der Waals surface area contributed by atoms with Gasteiger partial charge in [-0.25, -0.2) is 4.39 Å². The zero-order chi connectivity index (χ0) is 13.0. The van der Waals surface area contributed by atoms with Gasteiger partial charge < -0.3 is 10.0 Å². The molecule has 1 atom stereocenters. The van der Waals surface area contributed by atoms with Crippen molar-refractivity contribution in [3.8, 4) is 0 Å². The van der Waals surface area contributed by atoms with Crippen molar-refractivity contribution in [1.29, 1.82) is 0 Å². The molecule has 0 radical (unpaired) electrons. The lowest BCUT2D eigenvalue weighted by molar-refractivity contribution is -0.141. The van der Waals surface area contributed by atoms with Crippen LogP contribution >= 0.6 is 0 Å². The molecule has 0 saturated carbocycles. The van der Waals surface area contributed by atoms with Gasteiger partial charge in [-0.3, -0.25) is 4.79 Å². The van der Waals surface area contributed by atoms with E-state index in [1.165, 1.54) is 6.07 Å². The molecule has 0 bridgehead atoms. The quantitative estimate of drug-likeness (QED) is 0.856. The highest BCUT2D eigenvalue weighted by atomic mass is 19.1. The Hall–Kier alpha value is -1.42. The molecule has 1 rings (SSSR count). The van der Waals surface area contributed by atoms with E-state index < -0.39 is 11.9 Å². The van der Waals surface area contributed by atoms with Crippen LogP contribution in [0.3, 0.4) is 0 Å². The Morgan fingerprint density at radius 1 is 1.47 bits per heavy atom. The number of rotatable bonds is 5.